The minimum absolute atomic E-state index is 0.0810. The lowest BCUT2D eigenvalue weighted by Gasteiger charge is -2.17. The summed E-state index contributed by atoms with van der Waals surface area (Å²) < 4.78 is 41.1. The highest BCUT2D eigenvalue weighted by atomic mass is 19.4. The molecular formula is C20H22F3N5O. The van der Waals surface area contributed by atoms with E-state index in [1.165, 1.54) is 4.90 Å². The third-order valence-corrected chi connectivity index (χ3v) is 4.71. The molecule has 2 aromatic heterocycles. The zero-order valence-corrected chi connectivity index (χ0v) is 16.6. The molecule has 0 fully saturated rings. The van der Waals surface area contributed by atoms with Crippen molar-refractivity contribution in [1.82, 2.24) is 19.4 Å². The molecule has 0 radical (unpaired) electrons. The van der Waals surface area contributed by atoms with Gasteiger partial charge in [0.2, 0.25) is 5.91 Å². The molecule has 0 aliphatic carbocycles. The molecule has 0 saturated heterocycles. The molecule has 0 aliphatic rings. The van der Waals surface area contributed by atoms with Crippen molar-refractivity contribution in [1.29, 1.82) is 0 Å². The minimum Gasteiger partial charge on any atom is -0.347 e. The van der Waals surface area contributed by atoms with Gasteiger partial charge in [0.05, 0.1) is 17.4 Å². The summed E-state index contributed by atoms with van der Waals surface area (Å²) in [7, 11) is 3.35. The normalized spacial score (nSPS) is 11.7. The average molecular weight is 405 g/mol. The van der Waals surface area contributed by atoms with Crippen LogP contribution in [0.5, 0.6) is 0 Å². The second-order valence-electron chi connectivity index (χ2n) is 6.99. The van der Waals surface area contributed by atoms with Crippen molar-refractivity contribution >= 4 is 28.4 Å². The van der Waals surface area contributed by atoms with E-state index < -0.39 is 11.7 Å². The Morgan fingerprint density at radius 3 is 2.59 bits per heavy atom. The Balaban J connectivity index is 2.01. The van der Waals surface area contributed by atoms with Gasteiger partial charge in [-0.3, -0.25) is 4.79 Å². The number of hydrogen-bond donors (Lipinski definition) is 1. The molecule has 6 nitrogen and oxygen atoms in total. The second-order valence-corrected chi connectivity index (χ2v) is 6.99. The Morgan fingerprint density at radius 2 is 1.97 bits per heavy atom. The van der Waals surface area contributed by atoms with Crippen LogP contribution in [0.4, 0.5) is 24.7 Å². The van der Waals surface area contributed by atoms with Crippen LogP contribution in [0.2, 0.25) is 0 Å². The van der Waals surface area contributed by atoms with E-state index in [2.05, 4.69) is 15.3 Å². The van der Waals surface area contributed by atoms with Gasteiger partial charge >= 0.3 is 6.18 Å². The first-order chi connectivity index (χ1) is 13.6. The van der Waals surface area contributed by atoms with Crippen molar-refractivity contribution in [3.05, 3.63) is 47.4 Å². The largest absolute Gasteiger partial charge is 0.416 e. The number of nitrogens with zero attached hydrogens (tertiary/aromatic N) is 4. The van der Waals surface area contributed by atoms with Crippen molar-refractivity contribution in [2.75, 3.05) is 19.4 Å². The fraction of sp³-hybridized carbons (Fsp3) is 0.350. The molecule has 0 atom stereocenters. The number of nitrogens with one attached hydrogen (secondary N) is 1. The molecule has 0 aliphatic heterocycles. The number of hydrogen-bond acceptors (Lipinski definition) is 4. The summed E-state index contributed by atoms with van der Waals surface area (Å²) in [6, 6.07) is 4.02. The number of carbonyl (C=O) groups is 1. The molecule has 3 aromatic rings. The number of anilines is 2. The van der Waals surface area contributed by atoms with Crippen molar-refractivity contribution in [2.24, 2.45) is 0 Å². The predicted octanol–water partition coefficient (Wildman–Crippen LogP) is 4.15. The van der Waals surface area contributed by atoms with Crippen LogP contribution in [0.15, 0.2) is 30.7 Å². The Labute approximate surface area is 166 Å². The van der Waals surface area contributed by atoms with Gasteiger partial charge in [-0.05, 0) is 42.7 Å². The van der Waals surface area contributed by atoms with Crippen molar-refractivity contribution < 1.29 is 18.0 Å². The van der Waals surface area contributed by atoms with Crippen LogP contribution >= 0.6 is 0 Å². The predicted molar refractivity (Wildman–Crippen MR) is 105 cm³/mol. The molecule has 29 heavy (non-hydrogen) atoms. The zero-order chi connectivity index (χ0) is 21.3. The van der Waals surface area contributed by atoms with Gasteiger partial charge in [-0.15, -0.1) is 0 Å². The highest BCUT2D eigenvalue weighted by Crippen LogP contribution is 2.35. The summed E-state index contributed by atoms with van der Waals surface area (Å²) in [4.78, 5) is 22.2. The summed E-state index contributed by atoms with van der Waals surface area (Å²) in [6.45, 7) is 3.56. The lowest BCUT2D eigenvalue weighted by molar-refractivity contribution is -0.137. The molecule has 1 amide bonds. The first-order valence-corrected chi connectivity index (χ1v) is 9.09. The lowest BCUT2D eigenvalue weighted by atomic mass is 10.0. The first kappa shape index (κ1) is 20.6. The summed E-state index contributed by atoms with van der Waals surface area (Å²) in [6.07, 6.45) is -0.842. The Kier molecular flexibility index (Phi) is 5.50. The van der Waals surface area contributed by atoms with Gasteiger partial charge in [0.1, 0.15) is 12.1 Å². The molecule has 0 bridgehead atoms. The van der Waals surface area contributed by atoms with E-state index in [0.717, 1.165) is 12.1 Å². The van der Waals surface area contributed by atoms with Crippen molar-refractivity contribution in [3.63, 3.8) is 0 Å². The third kappa shape index (κ3) is 4.18. The summed E-state index contributed by atoms with van der Waals surface area (Å²) in [5, 5.41) is 3.15. The number of likely N-dealkylation sites (N-methyl/N-ethyl adjacent to an activating group) is 1. The number of aryl methyl sites for hydroxylation is 2. The van der Waals surface area contributed by atoms with Gasteiger partial charge in [-0.25, -0.2) is 9.97 Å². The van der Waals surface area contributed by atoms with Gasteiger partial charge < -0.3 is 14.8 Å². The van der Waals surface area contributed by atoms with Gasteiger partial charge in [0, 0.05) is 26.0 Å². The number of halogens is 3. The van der Waals surface area contributed by atoms with Gasteiger partial charge in [0.15, 0.2) is 5.82 Å². The van der Waals surface area contributed by atoms with E-state index in [1.807, 2.05) is 0 Å². The molecule has 154 valence electrons. The number of pyridine rings is 1. The molecule has 1 N–H and O–H groups in total. The quantitative estimate of drug-likeness (QED) is 0.693. The third-order valence-electron chi connectivity index (χ3n) is 4.71. The number of amides is 1. The maximum atomic E-state index is 13.1. The molecule has 0 unspecified atom stereocenters. The number of imidazole rings is 1. The van der Waals surface area contributed by atoms with E-state index in [0.29, 0.717) is 40.1 Å². The molecule has 0 saturated carbocycles. The summed E-state index contributed by atoms with van der Waals surface area (Å²) in [5.41, 5.74) is 2.17. The number of fused-ring (bicyclic) bond motifs is 1. The molecule has 3 rings (SSSR count). The molecule has 9 heteroatoms. The number of aromatic nitrogens is 3. The van der Waals surface area contributed by atoms with E-state index in [1.54, 1.807) is 51.1 Å². The Bertz CT molecular complexity index is 1060. The first-order valence-electron chi connectivity index (χ1n) is 9.09. The maximum Gasteiger partial charge on any atom is 0.416 e. The molecule has 2 heterocycles. The van der Waals surface area contributed by atoms with Crippen LogP contribution in [0.1, 0.15) is 23.6 Å². The van der Waals surface area contributed by atoms with Crippen LogP contribution in [0.3, 0.4) is 0 Å². The van der Waals surface area contributed by atoms with Gasteiger partial charge in [0.25, 0.3) is 0 Å². The zero-order valence-electron chi connectivity index (χ0n) is 16.6. The Hall–Kier alpha value is -3.10. The topological polar surface area (TPSA) is 63.1 Å². The van der Waals surface area contributed by atoms with Crippen molar-refractivity contribution in [3.8, 4) is 0 Å². The van der Waals surface area contributed by atoms with Crippen LogP contribution in [0, 0.1) is 6.92 Å². The van der Waals surface area contributed by atoms with Crippen LogP contribution in [-0.4, -0.2) is 39.4 Å². The number of rotatable bonds is 5. The molecule has 0 spiro atoms. The van der Waals surface area contributed by atoms with E-state index >= 15 is 0 Å². The summed E-state index contributed by atoms with van der Waals surface area (Å²) >= 11 is 0. The Morgan fingerprint density at radius 1 is 1.24 bits per heavy atom. The highest BCUT2D eigenvalue weighted by Gasteiger charge is 2.31. The van der Waals surface area contributed by atoms with E-state index in [9.17, 15) is 18.0 Å². The fourth-order valence-corrected chi connectivity index (χ4v) is 3.10. The van der Waals surface area contributed by atoms with Crippen LogP contribution < -0.4 is 5.32 Å². The van der Waals surface area contributed by atoms with Crippen LogP contribution in [0.25, 0.3) is 11.0 Å². The van der Waals surface area contributed by atoms with Crippen molar-refractivity contribution in [2.45, 2.75) is 33.0 Å². The minimum atomic E-state index is -4.40. The monoisotopic (exact) mass is 405 g/mol. The van der Waals surface area contributed by atoms with Gasteiger partial charge in [-0.2, -0.15) is 13.2 Å². The van der Waals surface area contributed by atoms with E-state index in [4.69, 9.17) is 0 Å². The lowest BCUT2D eigenvalue weighted by Crippen LogP contribution is -2.25. The average Bonchev–Trinajstić information content (AvgIpc) is 3.06. The number of carbonyl (C=O) groups excluding carboxylic acids is 1. The number of alkyl halides is 3. The van der Waals surface area contributed by atoms with E-state index in [-0.39, 0.29) is 12.5 Å². The van der Waals surface area contributed by atoms with Gasteiger partial charge in [-0.1, -0.05) is 6.92 Å². The maximum absolute atomic E-state index is 13.1. The molecule has 1 aromatic carbocycles. The fourth-order valence-electron chi connectivity index (χ4n) is 3.10. The number of benzene rings is 1. The summed E-state index contributed by atoms with van der Waals surface area (Å²) in [5.74, 6) is 0.346. The second kappa shape index (κ2) is 7.73. The van der Waals surface area contributed by atoms with Crippen LogP contribution in [-0.2, 0) is 23.9 Å². The SMILES string of the molecule is CCc1cc(C(F)(F)F)cc(C)c1Nc1nccc2c1ncn2CC(=O)N(C)C. The molecular weight excluding hydrogens is 383 g/mol. The standard InChI is InChI=1S/C20H22F3N5O/c1-5-13-9-14(20(21,22)23)8-12(2)17(13)26-19-18-15(6-7-24-19)28(11-25-18)10-16(29)27(3)4/h6-9,11H,5,10H2,1-4H3,(H,24,26). The highest BCUT2D eigenvalue weighted by molar-refractivity contribution is 5.89. The smallest absolute Gasteiger partial charge is 0.347 e.